The summed E-state index contributed by atoms with van der Waals surface area (Å²) < 4.78 is 0. The fourth-order valence-electron chi connectivity index (χ4n) is 0.404. The predicted octanol–water partition coefficient (Wildman–Crippen LogP) is 0.573. The van der Waals surface area contributed by atoms with Crippen molar-refractivity contribution >= 4 is 7.85 Å². The van der Waals surface area contributed by atoms with Gasteiger partial charge in [-0.2, -0.15) is 0 Å². The maximum atomic E-state index is 5.21. The van der Waals surface area contributed by atoms with Crippen molar-refractivity contribution in [1.82, 2.24) is 5.32 Å². The summed E-state index contributed by atoms with van der Waals surface area (Å²) in [4.78, 5) is 0. The van der Waals surface area contributed by atoms with Gasteiger partial charge in [-0.1, -0.05) is 13.2 Å². The molecule has 1 N–H and O–H groups in total. The number of hydrogen-bond acceptors (Lipinski definition) is 1. The highest BCUT2D eigenvalue weighted by atomic mass is 14.8. The minimum absolute atomic E-state index is 0.750. The number of nitrogens with one attached hydrogen (secondary N) is 1. The smallest absolute Gasteiger partial charge is 0.0670 e. The molecule has 0 spiro atoms. The first kappa shape index (κ1) is 7.02. The summed E-state index contributed by atoms with van der Waals surface area (Å²) in [7, 11) is 5.21. The summed E-state index contributed by atoms with van der Waals surface area (Å²) in [6.45, 7) is 4.19. The first-order valence-electron chi connectivity index (χ1n) is 2.82. The van der Waals surface area contributed by atoms with E-state index in [2.05, 4.69) is 12.2 Å². The van der Waals surface area contributed by atoms with Crippen LogP contribution in [0.5, 0.6) is 0 Å². The van der Waals surface area contributed by atoms with Gasteiger partial charge in [0.05, 0.1) is 7.85 Å². The molecule has 0 amide bonds. The highest BCUT2D eigenvalue weighted by molar-refractivity contribution is 6.08. The van der Waals surface area contributed by atoms with Crippen LogP contribution in [0, 0.1) is 0 Å². The molecule has 0 fully saturated rings. The maximum Gasteiger partial charge on any atom is 0.0670 e. The minimum atomic E-state index is 0.750. The SMILES string of the molecule is [B]CCNCCC. The maximum absolute atomic E-state index is 5.21. The summed E-state index contributed by atoms with van der Waals surface area (Å²) in [6.07, 6.45) is 1.94. The average Bonchev–Trinajstić information content (AvgIpc) is 1.69. The van der Waals surface area contributed by atoms with Crippen LogP contribution >= 0.6 is 0 Å². The molecule has 2 radical (unpaired) electrons. The van der Waals surface area contributed by atoms with Crippen LogP contribution in [0.4, 0.5) is 0 Å². The highest BCUT2D eigenvalue weighted by Crippen LogP contribution is 1.69. The Balaban J connectivity index is 2.45. The Morgan fingerprint density at radius 1 is 1.43 bits per heavy atom. The van der Waals surface area contributed by atoms with E-state index in [0.717, 1.165) is 19.4 Å². The molecule has 0 aromatic heterocycles. The third kappa shape index (κ3) is 6.02. The molecule has 0 aliphatic rings. The van der Waals surface area contributed by atoms with Gasteiger partial charge in [0.2, 0.25) is 0 Å². The van der Waals surface area contributed by atoms with Gasteiger partial charge in [0, 0.05) is 0 Å². The first-order valence-corrected chi connectivity index (χ1v) is 2.82. The van der Waals surface area contributed by atoms with Crippen LogP contribution in [0.2, 0.25) is 6.32 Å². The zero-order valence-corrected chi connectivity index (χ0v) is 4.91. The van der Waals surface area contributed by atoms with E-state index in [1.807, 2.05) is 0 Å². The lowest BCUT2D eigenvalue weighted by atomic mass is 10.1. The molecule has 0 aliphatic heterocycles. The van der Waals surface area contributed by atoms with E-state index in [1.165, 1.54) is 6.42 Å². The van der Waals surface area contributed by atoms with Crippen LogP contribution in [-0.2, 0) is 0 Å². The Labute approximate surface area is 46.9 Å². The monoisotopic (exact) mass is 97.1 g/mol. The lowest BCUT2D eigenvalue weighted by Gasteiger charge is -1.95. The van der Waals surface area contributed by atoms with E-state index in [-0.39, 0.29) is 0 Å². The molecule has 0 atom stereocenters. The van der Waals surface area contributed by atoms with Crippen LogP contribution in [0.3, 0.4) is 0 Å². The molecule has 0 aromatic rings. The molecular weight excluding hydrogens is 84.9 g/mol. The van der Waals surface area contributed by atoms with Crippen molar-refractivity contribution < 1.29 is 0 Å². The highest BCUT2D eigenvalue weighted by Gasteiger charge is 1.76. The minimum Gasteiger partial charge on any atom is -0.317 e. The average molecular weight is 97.0 g/mol. The van der Waals surface area contributed by atoms with Gasteiger partial charge in [0.1, 0.15) is 0 Å². The van der Waals surface area contributed by atoms with Crippen molar-refractivity contribution in [1.29, 1.82) is 0 Å². The van der Waals surface area contributed by atoms with E-state index in [1.54, 1.807) is 0 Å². The van der Waals surface area contributed by atoms with Crippen molar-refractivity contribution in [3.05, 3.63) is 0 Å². The second-order valence-corrected chi connectivity index (χ2v) is 1.54. The van der Waals surface area contributed by atoms with Crippen LogP contribution < -0.4 is 5.32 Å². The molecular formula is C5H12BN. The summed E-state index contributed by atoms with van der Waals surface area (Å²) in [5.74, 6) is 0. The molecule has 7 heavy (non-hydrogen) atoms. The van der Waals surface area contributed by atoms with Gasteiger partial charge in [-0.15, -0.1) is 0 Å². The largest absolute Gasteiger partial charge is 0.317 e. The Morgan fingerprint density at radius 2 is 2.14 bits per heavy atom. The first-order chi connectivity index (χ1) is 3.41. The molecule has 0 unspecified atom stereocenters. The molecule has 2 heteroatoms. The molecule has 0 saturated carbocycles. The van der Waals surface area contributed by atoms with Crippen LogP contribution in [0.1, 0.15) is 13.3 Å². The topological polar surface area (TPSA) is 12.0 Å². The summed E-state index contributed by atoms with van der Waals surface area (Å²) >= 11 is 0. The molecule has 1 nitrogen and oxygen atoms in total. The second-order valence-electron chi connectivity index (χ2n) is 1.54. The van der Waals surface area contributed by atoms with Gasteiger partial charge in [0.25, 0.3) is 0 Å². The van der Waals surface area contributed by atoms with E-state index in [0.29, 0.717) is 0 Å². The van der Waals surface area contributed by atoms with Gasteiger partial charge in [0.15, 0.2) is 0 Å². The van der Waals surface area contributed by atoms with Crippen LogP contribution in [0.15, 0.2) is 0 Å². The van der Waals surface area contributed by atoms with Crippen LogP contribution in [0.25, 0.3) is 0 Å². The third-order valence-electron chi connectivity index (χ3n) is 0.748. The summed E-state index contributed by atoms with van der Waals surface area (Å²) in [6, 6.07) is 0. The molecule has 0 heterocycles. The standard InChI is InChI=1S/C5H12BN/c1-2-4-7-5-3-6/h7H,2-5H2,1H3. The molecule has 0 rings (SSSR count). The Bertz CT molecular complexity index is 27.3. The number of hydrogen-bond donors (Lipinski definition) is 1. The molecule has 0 saturated heterocycles. The quantitative estimate of drug-likeness (QED) is 0.399. The van der Waals surface area contributed by atoms with E-state index in [4.69, 9.17) is 7.85 Å². The fraction of sp³-hybridized carbons (Fsp3) is 1.00. The lowest BCUT2D eigenvalue weighted by molar-refractivity contribution is 0.703. The van der Waals surface area contributed by atoms with Gasteiger partial charge in [-0.25, -0.2) is 0 Å². The van der Waals surface area contributed by atoms with Crippen molar-refractivity contribution in [3.8, 4) is 0 Å². The van der Waals surface area contributed by atoms with Crippen molar-refractivity contribution in [2.75, 3.05) is 13.1 Å². The Kier molecular flexibility index (Phi) is 6.05. The van der Waals surface area contributed by atoms with Gasteiger partial charge in [-0.3, -0.25) is 0 Å². The normalized spacial score (nSPS) is 9.29. The van der Waals surface area contributed by atoms with Crippen LogP contribution in [-0.4, -0.2) is 20.9 Å². The molecule has 0 aromatic carbocycles. The lowest BCUT2D eigenvalue weighted by Crippen LogP contribution is -2.14. The zero-order valence-electron chi connectivity index (χ0n) is 4.91. The third-order valence-corrected chi connectivity index (χ3v) is 0.748. The van der Waals surface area contributed by atoms with Crippen molar-refractivity contribution in [2.45, 2.75) is 19.7 Å². The van der Waals surface area contributed by atoms with E-state index < -0.39 is 0 Å². The zero-order chi connectivity index (χ0) is 5.54. The molecule has 0 aliphatic carbocycles. The van der Waals surface area contributed by atoms with Gasteiger partial charge < -0.3 is 5.32 Å². The summed E-state index contributed by atoms with van der Waals surface area (Å²) in [5.41, 5.74) is 0. The Morgan fingerprint density at radius 3 is 2.57 bits per heavy atom. The predicted molar refractivity (Wildman–Crippen MR) is 33.7 cm³/mol. The van der Waals surface area contributed by atoms with Gasteiger partial charge >= 0.3 is 0 Å². The second kappa shape index (κ2) is 6.02. The fourth-order valence-corrected chi connectivity index (χ4v) is 0.404. The molecule has 40 valence electrons. The van der Waals surface area contributed by atoms with E-state index in [9.17, 15) is 0 Å². The summed E-state index contributed by atoms with van der Waals surface area (Å²) in [5, 5.41) is 3.16. The van der Waals surface area contributed by atoms with Crippen molar-refractivity contribution in [2.24, 2.45) is 0 Å². The Hall–Kier alpha value is 0.0249. The molecule has 0 bridgehead atoms. The number of rotatable bonds is 4. The van der Waals surface area contributed by atoms with E-state index >= 15 is 0 Å². The van der Waals surface area contributed by atoms with Gasteiger partial charge in [-0.05, 0) is 19.5 Å². The van der Waals surface area contributed by atoms with Crippen molar-refractivity contribution in [3.63, 3.8) is 0 Å².